The van der Waals surface area contributed by atoms with Crippen LogP contribution in [0, 0.1) is 0 Å². The molecule has 0 unspecified atom stereocenters. The number of benzene rings is 2. The summed E-state index contributed by atoms with van der Waals surface area (Å²) >= 11 is 0. The normalized spacial score (nSPS) is 13.8. The first-order chi connectivity index (χ1) is 12.1. The highest BCUT2D eigenvalue weighted by atomic mass is 16.3. The van der Waals surface area contributed by atoms with Gasteiger partial charge in [-0.2, -0.15) is 0 Å². The SMILES string of the molecule is O=C1NC(=O)c2c1c1cc(CO)cnc1c1[nH]c3ccc(O)cc3c21. The van der Waals surface area contributed by atoms with E-state index in [4.69, 9.17) is 0 Å². The average molecular weight is 333 g/mol. The first-order valence-electron chi connectivity index (χ1n) is 7.64. The molecule has 1 aliphatic heterocycles. The summed E-state index contributed by atoms with van der Waals surface area (Å²) in [7, 11) is 0. The number of aromatic hydroxyl groups is 1. The number of imide groups is 1. The minimum atomic E-state index is -0.488. The fourth-order valence-corrected chi connectivity index (χ4v) is 3.55. The van der Waals surface area contributed by atoms with E-state index in [2.05, 4.69) is 15.3 Å². The Balaban J connectivity index is 2.11. The highest BCUT2D eigenvalue weighted by Gasteiger charge is 2.33. The summed E-state index contributed by atoms with van der Waals surface area (Å²) < 4.78 is 0. The van der Waals surface area contributed by atoms with Gasteiger partial charge in [-0.3, -0.25) is 19.9 Å². The lowest BCUT2D eigenvalue weighted by atomic mass is 9.96. The number of aliphatic hydroxyl groups excluding tert-OH is 1. The van der Waals surface area contributed by atoms with E-state index in [1.54, 1.807) is 24.3 Å². The minimum absolute atomic E-state index is 0.0653. The Kier molecular flexibility index (Phi) is 2.54. The zero-order valence-electron chi connectivity index (χ0n) is 12.8. The molecule has 0 saturated carbocycles. The molecule has 4 N–H and O–H groups in total. The summed E-state index contributed by atoms with van der Waals surface area (Å²) in [4.78, 5) is 32.4. The van der Waals surface area contributed by atoms with E-state index in [0.717, 1.165) is 5.52 Å². The maximum Gasteiger partial charge on any atom is 0.259 e. The number of phenolic OH excluding ortho intramolecular Hbond substituents is 1. The number of carbonyl (C=O) groups is 2. The number of H-pyrrole nitrogens is 1. The summed E-state index contributed by atoms with van der Waals surface area (Å²) in [5, 5.41) is 23.2. The van der Waals surface area contributed by atoms with E-state index in [1.165, 1.54) is 6.20 Å². The van der Waals surface area contributed by atoms with Crippen LogP contribution in [0.3, 0.4) is 0 Å². The maximum absolute atomic E-state index is 12.4. The molecule has 0 saturated heterocycles. The van der Waals surface area contributed by atoms with Crippen LogP contribution in [0.2, 0.25) is 0 Å². The molecule has 2 aromatic carbocycles. The van der Waals surface area contributed by atoms with Gasteiger partial charge in [-0.15, -0.1) is 0 Å². The molecule has 2 amide bonds. The van der Waals surface area contributed by atoms with Crippen molar-refractivity contribution in [1.29, 1.82) is 0 Å². The number of carbonyl (C=O) groups excluding carboxylic acids is 2. The predicted octanol–water partition coefficient (Wildman–Crippen LogP) is 1.95. The molecule has 2 aromatic heterocycles. The van der Waals surface area contributed by atoms with Crippen molar-refractivity contribution in [1.82, 2.24) is 15.3 Å². The first kappa shape index (κ1) is 13.9. The predicted molar refractivity (Wildman–Crippen MR) is 90.5 cm³/mol. The molecule has 25 heavy (non-hydrogen) atoms. The van der Waals surface area contributed by atoms with Gasteiger partial charge in [-0.25, -0.2) is 0 Å². The van der Waals surface area contributed by atoms with E-state index in [-0.39, 0.29) is 23.5 Å². The number of hydrogen-bond donors (Lipinski definition) is 4. The Bertz CT molecular complexity index is 1260. The van der Waals surface area contributed by atoms with Crippen molar-refractivity contribution in [3.8, 4) is 5.75 Å². The van der Waals surface area contributed by atoms with Crippen molar-refractivity contribution in [2.45, 2.75) is 6.61 Å². The Hall–Kier alpha value is -3.45. The topological polar surface area (TPSA) is 115 Å². The minimum Gasteiger partial charge on any atom is -0.508 e. The molecule has 5 rings (SSSR count). The smallest absolute Gasteiger partial charge is 0.259 e. The number of phenols is 1. The number of amides is 2. The molecular weight excluding hydrogens is 322 g/mol. The van der Waals surface area contributed by atoms with E-state index in [1.807, 2.05) is 0 Å². The third-order valence-electron chi connectivity index (χ3n) is 4.60. The van der Waals surface area contributed by atoms with Crippen LogP contribution >= 0.6 is 0 Å². The van der Waals surface area contributed by atoms with Crippen molar-refractivity contribution in [2.75, 3.05) is 0 Å². The molecule has 0 radical (unpaired) electrons. The Morgan fingerprint density at radius 3 is 2.64 bits per heavy atom. The highest BCUT2D eigenvalue weighted by molar-refractivity contribution is 6.36. The quantitative estimate of drug-likeness (QED) is 0.397. The summed E-state index contributed by atoms with van der Waals surface area (Å²) in [6.45, 7) is -0.216. The summed E-state index contributed by atoms with van der Waals surface area (Å²) in [5.74, 6) is -0.903. The van der Waals surface area contributed by atoms with Crippen LogP contribution in [0.5, 0.6) is 5.75 Å². The van der Waals surface area contributed by atoms with Gasteiger partial charge in [0, 0.05) is 27.9 Å². The monoisotopic (exact) mass is 333 g/mol. The van der Waals surface area contributed by atoms with Crippen LogP contribution in [0.1, 0.15) is 26.3 Å². The first-order valence-corrected chi connectivity index (χ1v) is 7.64. The molecule has 122 valence electrons. The number of pyridine rings is 1. The Morgan fingerprint density at radius 1 is 1.04 bits per heavy atom. The molecule has 0 aliphatic carbocycles. The van der Waals surface area contributed by atoms with Crippen LogP contribution in [0.25, 0.3) is 32.7 Å². The maximum atomic E-state index is 12.4. The average Bonchev–Trinajstić information content (AvgIpc) is 3.11. The summed E-state index contributed by atoms with van der Waals surface area (Å²) in [6, 6.07) is 6.47. The number of aliphatic hydroxyl groups is 1. The number of rotatable bonds is 1. The highest BCUT2D eigenvalue weighted by Crippen LogP contribution is 2.39. The number of nitrogens with zero attached hydrogens (tertiary/aromatic N) is 1. The molecule has 4 aromatic rings. The van der Waals surface area contributed by atoms with Crippen LogP contribution < -0.4 is 5.32 Å². The Labute approximate surface area is 139 Å². The third-order valence-corrected chi connectivity index (χ3v) is 4.60. The molecule has 7 nitrogen and oxygen atoms in total. The second kappa shape index (κ2) is 4.55. The third kappa shape index (κ3) is 1.70. The second-order valence-electron chi connectivity index (χ2n) is 6.04. The van der Waals surface area contributed by atoms with E-state index < -0.39 is 11.8 Å². The molecular formula is C18H11N3O4. The van der Waals surface area contributed by atoms with E-state index >= 15 is 0 Å². The molecule has 7 heteroatoms. The molecule has 0 bridgehead atoms. The number of aromatic nitrogens is 2. The molecule has 1 aliphatic rings. The largest absolute Gasteiger partial charge is 0.508 e. The van der Waals surface area contributed by atoms with Gasteiger partial charge in [-0.05, 0) is 29.8 Å². The van der Waals surface area contributed by atoms with Crippen LogP contribution in [0.15, 0.2) is 30.5 Å². The van der Waals surface area contributed by atoms with Gasteiger partial charge in [0.2, 0.25) is 0 Å². The summed E-state index contributed by atoms with van der Waals surface area (Å²) in [5.41, 5.74) is 2.94. The van der Waals surface area contributed by atoms with Crippen molar-refractivity contribution < 1.29 is 19.8 Å². The lowest BCUT2D eigenvalue weighted by Gasteiger charge is -2.07. The molecule has 3 heterocycles. The van der Waals surface area contributed by atoms with Gasteiger partial charge < -0.3 is 15.2 Å². The lowest BCUT2D eigenvalue weighted by Crippen LogP contribution is -2.20. The van der Waals surface area contributed by atoms with Crippen molar-refractivity contribution in [3.05, 3.63) is 47.2 Å². The zero-order valence-corrected chi connectivity index (χ0v) is 12.8. The molecule has 0 atom stereocenters. The van der Waals surface area contributed by atoms with Gasteiger partial charge >= 0.3 is 0 Å². The number of nitrogens with one attached hydrogen (secondary N) is 2. The second-order valence-corrected chi connectivity index (χ2v) is 6.04. The van der Waals surface area contributed by atoms with Crippen molar-refractivity contribution in [3.63, 3.8) is 0 Å². The van der Waals surface area contributed by atoms with Crippen molar-refractivity contribution >= 4 is 44.5 Å². The fraction of sp³-hybridized carbons (Fsp3) is 0.0556. The van der Waals surface area contributed by atoms with Gasteiger partial charge in [0.05, 0.1) is 28.8 Å². The van der Waals surface area contributed by atoms with E-state index in [9.17, 15) is 19.8 Å². The van der Waals surface area contributed by atoms with Gasteiger partial charge in [0.25, 0.3) is 11.8 Å². The number of fused-ring (bicyclic) bond motifs is 8. The van der Waals surface area contributed by atoms with E-state index in [0.29, 0.717) is 32.8 Å². The van der Waals surface area contributed by atoms with Crippen molar-refractivity contribution in [2.24, 2.45) is 0 Å². The number of aromatic amines is 1. The standard InChI is InChI=1S/C18H11N3O4/c22-6-7-3-10-13-14(18(25)21-17(13)24)12-9-4-8(23)1-2-11(9)20-16(12)15(10)19-5-7/h1-5,20,22-23H,6H2,(H,21,24,25). The van der Waals surface area contributed by atoms with Crippen LogP contribution in [-0.2, 0) is 6.61 Å². The van der Waals surface area contributed by atoms with Crippen LogP contribution in [-0.4, -0.2) is 32.0 Å². The molecule has 0 fully saturated rings. The van der Waals surface area contributed by atoms with Gasteiger partial charge in [0.1, 0.15) is 5.75 Å². The van der Waals surface area contributed by atoms with Gasteiger partial charge in [-0.1, -0.05) is 0 Å². The van der Waals surface area contributed by atoms with Crippen LogP contribution in [0.4, 0.5) is 0 Å². The lowest BCUT2D eigenvalue weighted by molar-refractivity contribution is 0.0880. The fourth-order valence-electron chi connectivity index (χ4n) is 3.55. The Morgan fingerprint density at radius 2 is 1.84 bits per heavy atom. The summed E-state index contributed by atoms with van der Waals surface area (Å²) in [6.07, 6.45) is 1.53. The van der Waals surface area contributed by atoms with Gasteiger partial charge in [0.15, 0.2) is 0 Å². The molecule has 0 spiro atoms. The number of hydrogen-bond acceptors (Lipinski definition) is 5. The zero-order chi connectivity index (χ0) is 17.3.